The van der Waals surface area contributed by atoms with E-state index in [9.17, 15) is 14.4 Å². The SMILES string of the molecule is CC1CCC(CNC(=O)[C@@H]2CCCN2C(=O)CNc2ccccc2C(=N)C(N)=O)C1. The molecule has 30 heavy (non-hydrogen) atoms. The number of likely N-dealkylation sites (tertiary alicyclic amines) is 1. The number of hydrogen-bond acceptors (Lipinski definition) is 5. The van der Waals surface area contributed by atoms with Crippen molar-refractivity contribution in [3.05, 3.63) is 29.8 Å². The number of carbonyl (C=O) groups is 3. The number of para-hydroxylation sites is 1. The lowest BCUT2D eigenvalue weighted by atomic mass is 10.1. The highest BCUT2D eigenvalue weighted by molar-refractivity contribution is 6.44. The molecule has 8 heteroatoms. The molecule has 1 heterocycles. The molecule has 1 aromatic carbocycles. The Hall–Kier alpha value is -2.90. The Morgan fingerprint density at radius 1 is 1.20 bits per heavy atom. The molecule has 162 valence electrons. The molecule has 1 aromatic rings. The first-order chi connectivity index (χ1) is 14.4. The van der Waals surface area contributed by atoms with Gasteiger partial charge in [-0.25, -0.2) is 0 Å². The summed E-state index contributed by atoms with van der Waals surface area (Å²) in [6.07, 6.45) is 4.99. The topological polar surface area (TPSA) is 128 Å². The molecule has 2 fully saturated rings. The molecule has 0 radical (unpaired) electrons. The second-order valence-electron chi connectivity index (χ2n) is 8.41. The maximum atomic E-state index is 12.8. The number of primary amides is 1. The fraction of sp³-hybridized carbons (Fsp3) is 0.545. The van der Waals surface area contributed by atoms with Crippen LogP contribution in [0.4, 0.5) is 5.69 Å². The number of nitrogens with one attached hydrogen (secondary N) is 3. The zero-order chi connectivity index (χ0) is 21.7. The molecular formula is C22H31N5O3. The monoisotopic (exact) mass is 413 g/mol. The molecule has 1 aliphatic carbocycles. The van der Waals surface area contributed by atoms with E-state index in [0.29, 0.717) is 36.7 Å². The normalized spacial score (nSPS) is 23.2. The number of hydrogen-bond donors (Lipinski definition) is 4. The molecule has 0 bridgehead atoms. The molecular weight excluding hydrogens is 382 g/mol. The third-order valence-corrected chi connectivity index (χ3v) is 6.12. The van der Waals surface area contributed by atoms with E-state index in [4.69, 9.17) is 11.1 Å². The first-order valence-corrected chi connectivity index (χ1v) is 10.7. The highest BCUT2D eigenvalue weighted by Crippen LogP contribution is 2.29. The Kier molecular flexibility index (Phi) is 7.07. The minimum absolute atomic E-state index is 0.0209. The zero-order valence-corrected chi connectivity index (χ0v) is 17.4. The van der Waals surface area contributed by atoms with E-state index in [1.807, 2.05) is 0 Å². The van der Waals surface area contributed by atoms with Crippen LogP contribution in [-0.4, -0.2) is 54.0 Å². The van der Waals surface area contributed by atoms with Crippen LogP contribution >= 0.6 is 0 Å². The summed E-state index contributed by atoms with van der Waals surface area (Å²) in [5.41, 5.74) is 5.74. The molecule has 0 aromatic heterocycles. The van der Waals surface area contributed by atoms with Crippen molar-refractivity contribution in [3.63, 3.8) is 0 Å². The van der Waals surface area contributed by atoms with Crippen molar-refractivity contribution < 1.29 is 14.4 Å². The molecule has 0 spiro atoms. The van der Waals surface area contributed by atoms with Gasteiger partial charge in [0.05, 0.1) is 6.54 Å². The van der Waals surface area contributed by atoms with E-state index < -0.39 is 11.9 Å². The summed E-state index contributed by atoms with van der Waals surface area (Å²) in [6.45, 7) is 3.46. The molecule has 1 saturated heterocycles. The van der Waals surface area contributed by atoms with Crippen molar-refractivity contribution in [1.29, 1.82) is 5.41 Å². The number of rotatable bonds is 8. The molecule has 8 nitrogen and oxygen atoms in total. The van der Waals surface area contributed by atoms with E-state index in [0.717, 1.165) is 25.2 Å². The summed E-state index contributed by atoms with van der Waals surface area (Å²) in [7, 11) is 0. The summed E-state index contributed by atoms with van der Waals surface area (Å²) in [5, 5.41) is 13.9. The van der Waals surface area contributed by atoms with Crippen molar-refractivity contribution >= 4 is 29.1 Å². The van der Waals surface area contributed by atoms with Crippen LogP contribution in [0.2, 0.25) is 0 Å². The number of nitrogens with two attached hydrogens (primary N) is 1. The van der Waals surface area contributed by atoms with Gasteiger partial charge in [0.15, 0.2) is 0 Å². The quantitative estimate of drug-likeness (QED) is 0.481. The first-order valence-electron chi connectivity index (χ1n) is 10.7. The Labute approximate surface area is 177 Å². The lowest BCUT2D eigenvalue weighted by molar-refractivity contribution is -0.137. The third-order valence-electron chi connectivity index (χ3n) is 6.12. The van der Waals surface area contributed by atoms with Crippen LogP contribution in [0.25, 0.3) is 0 Å². The molecule has 2 unspecified atom stereocenters. The van der Waals surface area contributed by atoms with Gasteiger partial charge in [0.2, 0.25) is 11.8 Å². The zero-order valence-electron chi connectivity index (χ0n) is 17.4. The second-order valence-corrected chi connectivity index (χ2v) is 8.41. The number of nitrogens with zero attached hydrogens (tertiary/aromatic N) is 1. The van der Waals surface area contributed by atoms with Crippen molar-refractivity contribution in [2.45, 2.75) is 45.1 Å². The minimum Gasteiger partial charge on any atom is -0.376 e. The van der Waals surface area contributed by atoms with Crippen molar-refractivity contribution in [3.8, 4) is 0 Å². The van der Waals surface area contributed by atoms with Crippen molar-refractivity contribution in [2.24, 2.45) is 17.6 Å². The predicted molar refractivity (Wildman–Crippen MR) is 115 cm³/mol. The van der Waals surface area contributed by atoms with Gasteiger partial charge in [0.25, 0.3) is 5.91 Å². The van der Waals surface area contributed by atoms with Crippen molar-refractivity contribution in [1.82, 2.24) is 10.2 Å². The summed E-state index contributed by atoms with van der Waals surface area (Å²) < 4.78 is 0. The summed E-state index contributed by atoms with van der Waals surface area (Å²) in [5.74, 6) is 0.178. The number of amides is 3. The Morgan fingerprint density at radius 2 is 1.97 bits per heavy atom. The van der Waals surface area contributed by atoms with E-state index in [-0.39, 0.29) is 24.1 Å². The first kappa shape index (κ1) is 21.8. The highest BCUT2D eigenvalue weighted by atomic mass is 16.2. The van der Waals surface area contributed by atoms with Gasteiger partial charge >= 0.3 is 0 Å². The van der Waals surface area contributed by atoms with Gasteiger partial charge in [-0.3, -0.25) is 19.8 Å². The Morgan fingerprint density at radius 3 is 2.67 bits per heavy atom. The van der Waals surface area contributed by atoms with Crippen LogP contribution < -0.4 is 16.4 Å². The molecule has 3 atom stereocenters. The fourth-order valence-electron chi connectivity index (χ4n) is 4.47. The van der Waals surface area contributed by atoms with Crippen LogP contribution in [0.3, 0.4) is 0 Å². The van der Waals surface area contributed by atoms with Gasteiger partial charge in [-0.05, 0) is 43.6 Å². The van der Waals surface area contributed by atoms with Crippen LogP contribution in [0.1, 0.15) is 44.6 Å². The lowest BCUT2D eigenvalue weighted by Crippen LogP contribution is -2.48. The highest BCUT2D eigenvalue weighted by Gasteiger charge is 2.34. The van der Waals surface area contributed by atoms with Crippen LogP contribution in [0.15, 0.2) is 24.3 Å². The average Bonchev–Trinajstić information content (AvgIpc) is 3.39. The largest absolute Gasteiger partial charge is 0.376 e. The standard InChI is InChI=1S/C22H31N5O3/c1-14-8-9-15(11-14)12-26-22(30)18-7-4-10-27(18)19(28)13-25-17-6-3-2-5-16(17)20(23)21(24)29/h2-3,5-6,14-15,18,23,25H,4,7-13H2,1H3,(H2,24,29)(H,26,30)/t14?,15?,18-/m0/s1. The summed E-state index contributed by atoms with van der Waals surface area (Å²) in [4.78, 5) is 38.4. The van der Waals surface area contributed by atoms with Crippen molar-refractivity contribution in [2.75, 3.05) is 25.0 Å². The molecule has 3 amide bonds. The maximum Gasteiger partial charge on any atom is 0.267 e. The fourth-order valence-corrected chi connectivity index (χ4v) is 4.47. The van der Waals surface area contributed by atoms with Gasteiger partial charge in [-0.1, -0.05) is 31.5 Å². The van der Waals surface area contributed by atoms with Gasteiger partial charge < -0.3 is 21.3 Å². The van der Waals surface area contributed by atoms with Gasteiger partial charge in [-0.2, -0.15) is 0 Å². The minimum atomic E-state index is -0.830. The third kappa shape index (κ3) is 5.17. The molecule has 1 saturated carbocycles. The smallest absolute Gasteiger partial charge is 0.267 e. The number of anilines is 1. The van der Waals surface area contributed by atoms with E-state index >= 15 is 0 Å². The van der Waals surface area contributed by atoms with Gasteiger partial charge in [0.1, 0.15) is 11.8 Å². The van der Waals surface area contributed by atoms with Gasteiger partial charge in [-0.15, -0.1) is 0 Å². The lowest BCUT2D eigenvalue weighted by Gasteiger charge is -2.25. The van der Waals surface area contributed by atoms with Gasteiger partial charge in [0, 0.05) is 24.3 Å². The van der Waals surface area contributed by atoms with E-state index in [1.54, 1.807) is 29.2 Å². The Bertz CT molecular complexity index is 825. The predicted octanol–water partition coefficient (Wildman–Crippen LogP) is 1.50. The molecule has 5 N–H and O–H groups in total. The molecule has 2 aliphatic rings. The van der Waals surface area contributed by atoms with E-state index in [1.165, 1.54) is 6.42 Å². The van der Waals surface area contributed by atoms with E-state index in [2.05, 4.69) is 17.6 Å². The molecule has 1 aliphatic heterocycles. The second kappa shape index (κ2) is 9.73. The number of carbonyl (C=O) groups excluding carboxylic acids is 3. The summed E-state index contributed by atoms with van der Waals surface area (Å²) in [6, 6.07) is 6.32. The van der Waals surface area contributed by atoms with Crippen LogP contribution in [-0.2, 0) is 14.4 Å². The Balaban J connectivity index is 1.55. The number of benzene rings is 1. The maximum absolute atomic E-state index is 12.8. The summed E-state index contributed by atoms with van der Waals surface area (Å²) >= 11 is 0. The van der Waals surface area contributed by atoms with Crippen LogP contribution in [0.5, 0.6) is 0 Å². The van der Waals surface area contributed by atoms with Crippen LogP contribution in [0, 0.1) is 17.2 Å². The average molecular weight is 414 g/mol. The molecule has 3 rings (SSSR count).